The summed E-state index contributed by atoms with van der Waals surface area (Å²) in [5, 5.41) is 3.24. The molecule has 3 nitrogen and oxygen atoms in total. The molecule has 0 saturated heterocycles. The van der Waals surface area contributed by atoms with Gasteiger partial charge in [-0.3, -0.25) is 4.79 Å². The van der Waals surface area contributed by atoms with Crippen LogP contribution in [0.3, 0.4) is 0 Å². The second kappa shape index (κ2) is 6.26. The molecule has 0 aliphatic heterocycles. The summed E-state index contributed by atoms with van der Waals surface area (Å²) < 4.78 is 11.1. The van der Waals surface area contributed by atoms with Gasteiger partial charge in [0, 0.05) is 26.7 Å². The predicted molar refractivity (Wildman–Crippen MR) is 99.2 cm³/mol. The molecule has 4 heteroatoms. The Kier molecular flexibility index (Phi) is 3.94. The minimum absolute atomic E-state index is 0.146. The topological polar surface area (TPSA) is 39.4 Å². The van der Waals surface area contributed by atoms with E-state index in [1.807, 2.05) is 49.4 Å². The lowest BCUT2D eigenvalue weighted by Gasteiger charge is -2.08. The fraction of sp³-hybridized carbons (Fsp3) is 0.0952. The maximum atomic E-state index is 12.4. The van der Waals surface area contributed by atoms with Gasteiger partial charge in [-0.05, 0) is 30.7 Å². The lowest BCUT2D eigenvalue weighted by atomic mass is 10.1. The summed E-state index contributed by atoms with van der Waals surface area (Å²) in [5.74, 6) is 0.171. The standard InChI is InChI=1S/C21H15ClO3/c1-13-6-7-15-14(12-24-20(15)10-13)11-21(23)25-19-9-8-18(22)16-4-2-3-5-17(16)19/h2-10,12H,11H2,1H3. The molecule has 0 saturated carbocycles. The summed E-state index contributed by atoms with van der Waals surface area (Å²) in [7, 11) is 0. The molecule has 0 unspecified atom stereocenters. The third kappa shape index (κ3) is 2.99. The van der Waals surface area contributed by atoms with Crippen LogP contribution in [0.4, 0.5) is 0 Å². The van der Waals surface area contributed by atoms with Crippen LogP contribution in [0.2, 0.25) is 5.02 Å². The molecule has 0 fully saturated rings. The van der Waals surface area contributed by atoms with Crippen LogP contribution in [-0.2, 0) is 11.2 Å². The molecule has 0 bridgehead atoms. The van der Waals surface area contributed by atoms with Crippen LogP contribution < -0.4 is 4.74 Å². The van der Waals surface area contributed by atoms with E-state index in [1.54, 1.807) is 18.4 Å². The molecule has 1 heterocycles. The number of carbonyl (C=O) groups excluding carboxylic acids is 1. The second-order valence-electron chi connectivity index (χ2n) is 6.00. The molecule has 1 aromatic heterocycles. The number of hydrogen-bond donors (Lipinski definition) is 0. The summed E-state index contributed by atoms with van der Waals surface area (Å²) in [6, 6.07) is 17.0. The Hall–Kier alpha value is -2.78. The average molecular weight is 351 g/mol. The van der Waals surface area contributed by atoms with Crippen LogP contribution in [-0.4, -0.2) is 5.97 Å². The zero-order valence-corrected chi connectivity index (χ0v) is 14.3. The van der Waals surface area contributed by atoms with E-state index in [1.165, 1.54) is 0 Å². The number of esters is 1. The van der Waals surface area contributed by atoms with Crippen molar-refractivity contribution in [2.75, 3.05) is 0 Å². The Morgan fingerprint density at radius 3 is 2.68 bits per heavy atom. The first kappa shape index (κ1) is 15.7. The van der Waals surface area contributed by atoms with Crippen molar-refractivity contribution >= 4 is 39.3 Å². The molecule has 4 rings (SSSR count). The van der Waals surface area contributed by atoms with Gasteiger partial charge in [-0.15, -0.1) is 0 Å². The highest BCUT2D eigenvalue weighted by atomic mass is 35.5. The monoisotopic (exact) mass is 350 g/mol. The van der Waals surface area contributed by atoms with Crippen molar-refractivity contribution in [1.29, 1.82) is 0 Å². The highest BCUT2D eigenvalue weighted by molar-refractivity contribution is 6.35. The molecule has 0 radical (unpaired) electrons. The molecule has 0 spiro atoms. The molecule has 0 aliphatic rings. The van der Waals surface area contributed by atoms with E-state index >= 15 is 0 Å². The molecular weight excluding hydrogens is 336 g/mol. The van der Waals surface area contributed by atoms with E-state index in [0.29, 0.717) is 10.8 Å². The van der Waals surface area contributed by atoms with E-state index in [9.17, 15) is 4.79 Å². The van der Waals surface area contributed by atoms with Crippen LogP contribution >= 0.6 is 11.6 Å². The van der Waals surface area contributed by atoms with Crippen molar-refractivity contribution in [3.8, 4) is 5.75 Å². The number of carbonyl (C=O) groups is 1. The molecule has 4 aromatic rings. The largest absolute Gasteiger partial charge is 0.464 e. The van der Waals surface area contributed by atoms with Gasteiger partial charge in [0.05, 0.1) is 12.7 Å². The quantitative estimate of drug-likeness (QED) is 0.351. The predicted octanol–water partition coefficient (Wildman–Crippen LogP) is 5.70. The minimum atomic E-state index is -0.337. The molecule has 25 heavy (non-hydrogen) atoms. The Labute approximate surface area is 149 Å². The minimum Gasteiger partial charge on any atom is -0.464 e. The Morgan fingerprint density at radius 1 is 1.04 bits per heavy atom. The normalized spacial score (nSPS) is 11.1. The zero-order chi connectivity index (χ0) is 17.4. The highest BCUT2D eigenvalue weighted by Gasteiger charge is 2.14. The number of halogens is 1. The Bertz CT molecular complexity index is 1090. The third-order valence-corrected chi connectivity index (χ3v) is 4.53. The van der Waals surface area contributed by atoms with Crippen molar-refractivity contribution < 1.29 is 13.9 Å². The van der Waals surface area contributed by atoms with Crippen molar-refractivity contribution in [3.05, 3.63) is 77.0 Å². The summed E-state index contributed by atoms with van der Waals surface area (Å²) in [6.45, 7) is 2.00. The smallest absolute Gasteiger partial charge is 0.315 e. The van der Waals surface area contributed by atoms with E-state index < -0.39 is 0 Å². The van der Waals surface area contributed by atoms with Crippen molar-refractivity contribution in [2.45, 2.75) is 13.3 Å². The Balaban J connectivity index is 1.61. The maximum absolute atomic E-state index is 12.4. The van der Waals surface area contributed by atoms with Gasteiger partial charge in [-0.1, -0.05) is 48.0 Å². The maximum Gasteiger partial charge on any atom is 0.315 e. The van der Waals surface area contributed by atoms with Crippen LogP contribution in [0.25, 0.3) is 21.7 Å². The van der Waals surface area contributed by atoms with Gasteiger partial charge in [0.2, 0.25) is 0 Å². The van der Waals surface area contributed by atoms with E-state index in [0.717, 1.165) is 32.9 Å². The SMILES string of the molecule is Cc1ccc2c(CC(=O)Oc3ccc(Cl)c4ccccc34)coc2c1. The number of ether oxygens (including phenoxy) is 1. The number of benzene rings is 3. The first-order valence-corrected chi connectivity index (χ1v) is 8.34. The van der Waals surface area contributed by atoms with Gasteiger partial charge in [-0.25, -0.2) is 0 Å². The molecule has 124 valence electrons. The van der Waals surface area contributed by atoms with Crippen molar-refractivity contribution in [2.24, 2.45) is 0 Å². The van der Waals surface area contributed by atoms with Gasteiger partial charge >= 0.3 is 5.97 Å². The van der Waals surface area contributed by atoms with Crippen LogP contribution in [0.5, 0.6) is 5.75 Å². The first-order chi connectivity index (χ1) is 12.1. The molecule has 0 amide bonds. The summed E-state index contributed by atoms with van der Waals surface area (Å²) in [5.41, 5.74) is 2.71. The number of hydrogen-bond acceptors (Lipinski definition) is 3. The molecule has 0 aliphatic carbocycles. The Morgan fingerprint density at radius 2 is 1.84 bits per heavy atom. The van der Waals surface area contributed by atoms with E-state index in [4.69, 9.17) is 20.8 Å². The van der Waals surface area contributed by atoms with Gasteiger partial charge in [0.25, 0.3) is 0 Å². The summed E-state index contributed by atoms with van der Waals surface area (Å²) in [4.78, 5) is 12.4. The molecular formula is C21H15ClO3. The van der Waals surface area contributed by atoms with Gasteiger partial charge in [-0.2, -0.15) is 0 Å². The van der Waals surface area contributed by atoms with E-state index in [2.05, 4.69) is 0 Å². The summed E-state index contributed by atoms with van der Waals surface area (Å²) in [6.07, 6.45) is 1.76. The van der Waals surface area contributed by atoms with Crippen molar-refractivity contribution in [3.63, 3.8) is 0 Å². The van der Waals surface area contributed by atoms with Gasteiger partial charge in [0.15, 0.2) is 0 Å². The number of aryl methyl sites for hydroxylation is 1. The highest BCUT2D eigenvalue weighted by Crippen LogP contribution is 2.31. The second-order valence-corrected chi connectivity index (χ2v) is 6.41. The number of rotatable bonds is 3. The lowest BCUT2D eigenvalue weighted by molar-refractivity contribution is -0.133. The van der Waals surface area contributed by atoms with Crippen LogP contribution in [0.1, 0.15) is 11.1 Å². The van der Waals surface area contributed by atoms with Crippen LogP contribution in [0.15, 0.2) is 65.3 Å². The lowest BCUT2D eigenvalue weighted by Crippen LogP contribution is -2.11. The van der Waals surface area contributed by atoms with Crippen molar-refractivity contribution in [1.82, 2.24) is 0 Å². The first-order valence-electron chi connectivity index (χ1n) is 7.96. The molecule has 0 N–H and O–H groups in total. The number of furan rings is 1. The molecule has 0 atom stereocenters. The van der Waals surface area contributed by atoms with Crippen LogP contribution in [0, 0.1) is 6.92 Å². The van der Waals surface area contributed by atoms with Gasteiger partial charge < -0.3 is 9.15 Å². The fourth-order valence-corrected chi connectivity index (χ4v) is 3.19. The fourth-order valence-electron chi connectivity index (χ4n) is 2.97. The van der Waals surface area contributed by atoms with E-state index in [-0.39, 0.29) is 12.4 Å². The molecule has 3 aromatic carbocycles. The third-order valence-electron chi connectivity index (χ3n) is 4.20. The number of fused-ring (bicyclic) bond motifs is 2. The average Bonchev–Trinajstić information content (AvgIpc) is 2.99. The summed E-state index contributed by atoms with van der Waals surface area (Å²) >= 11 is 6.21. The van der Waals surface area contributed by atoms with Gasteiger partial charge in [0.1, 0.15) is 11.3 Å². The zero-order valence-electron chi connectivity index (χ0n) is 13.6.